The summed E-state index contributed by atoms with van der Waals surface area (Å²) in [6.45, 7) is 0.878. The molecule has 2 nitrogen and oxygen atoms in total. The average molecular weight is 282 g/mol. The number of nitrogens with two attached hydrogens (primary N) is 1. The Labute approximate surface area is 116 Å². The molecule has 0 fully saturated rings. The summed E-state index contributed by atoms with van der Waals surface area (Å²) < 4.78 is 5.67. The minimum Gasteiger partial charge on any atom is -0.489 e. The van der Waals surface area contributed by atoms with Crippen molar-refractivity contribution < 1.29 is 4.74 Å². The first-order chi connectivity index (χ1) is 8.69. The molecule has 0 radical (unpaired) electrons. The van der Waals surface area contributed by atoms with Gasteiger partial charge in [0.1, 0.15) is 12.4 Å². The van der Waals surface area contributed by atoms with Gasteiger partial charge in [0.15, 0.2) is 0 Å². The molecule has 0 aliphatic carbocycles. The molecule has 2 rings (SSSR count). The van der Waals surface area contributed by atoms with E-state index in [1.54, 1.807) is 18.2 Å². The quantitative estimate of drug-likeness (QED) is 0.918. The van der Waals surface area contributed by atoms with Crippen LogP contribution < -0.4 is 10.5 Å². The third-order valence-electron chi connectivity index (χ3n) is 2.54. The third kappa shape index (κ3) is 3.39. The molecule has 0 aliphatic rings. The molecule has 0 bridgehead atoms. The van der Waals surface area contributed by atoms with Crippen LogP contribution in [-0.2, 0) is 13.2 Å². The Bertz CT molecular complexity index is 543. The van der Waals surface area contributed by atoms with Crippen LogP contribution >= 0.6 is 23.2 Å². The molecule has 0 aromatic heterocycles. The molecular weight excluding hydrogens is 269 g/mol. The fraction of sp³-hybridized carbons (Fsp3) is 0.143. The molecule has 0 aliphatic heterocycles. The molecule has 2 aromatic rings. The lowest BCUT2D eigenvalue weighted by molar-refractivity contribution is 0.306. The first kappa shape index (κ1) is 13.2. The standard InChI is InChI=1S/C14H13Cl2NO/c15-12-4-5-14(16)11(7-12)9-18-13-3-1-2-10(6-13)8-17/h1-7H,8-9,17H2. The van der Waals surface area contributed by atoms with Gasteiger partial charge in [-0.3, -0.25) is 0 Å². The van der Waals surface area contributed by atoms with E-state index in [0.717, 1.165) is 16.9 Å². The van der Waals surface area contributed by atoms with Crippen LogP contribution in [0.25, 0.3) is 0 Å². The number of ether oxygens (including phenoxy) is 1. The Morgan fingerprint density at radius 2 is 1.89 bits per heavy atom. The Morgan fingerprint density at radius 3 is 2.67 bits per heavy atom. The van der Waals surface area contributed by atoms with Crippen LogP contribution in [0.1, 0.15) is 11.1 Å². The van der Waals surface area contributed by atoms with Crippen molar-refractivity contribution in [2.24, 2.45) is 5.73 Å². The predicted octanol–water partition coefficient (Wildman–Crippen LogP) is 4.03. The van der Waals surface area contributed by atoms with Gasteiger partial charge in [-0.2, -0.15) is 0 Å². The van der Waals surface area contributed by atoms with Crippen LogP contribution in [0, 0.1) is 0 Å². The van der Waals surface area contributed by atoms with Gasteiger partial charge in [-0.25, -0.2) is 0 Å². The van der Waals surface area contributed by atoms with Crippen LogP contribution in [0.4, 0.5) is 0 Å². The van der Waals surface area contributed by atoms with E-state index in [1.807, 2.05) is 24.3 Å². The van der Waals surface area contributed by atoms with Gasteiger partial charge >= 0.3 is 0 Å². The summed E-state index contributed by atoms with van der Waals surface area (Å²) >= 11 is 12.0. The molecule has 0 heterocycles. The van der Waals surface area contributed by atoms with Gasteiger partial charge in [-0.1, -0.05) is 35.3 Å². The first-order valence-electron chi connectivity index (χ1n) is 5.55. The summed E-state index contributed by atoms with van der Waals surface area (Å²) in [7, 11) is 0. The highest BCUT2D eigenvalue weighted by Crippen LogP contribution is 2.22. The molecule has 0 saturated carbocycles. The van der Waals surface area contributed by atoms with Crippen molar-refractivity contribution in [2.45, 2.75) is 13.2 Å². The maximum absolute atomic E-state index is 6.06. The van der Waals surface area contributed by atoms with E-state index in [4.69, 9.17) is 33.7 Å². The van der Waals surface area contributed by atoms with Crippen LogP contribution in [0.2, 0.25) is 10.0 Å². The van der Waals surface area contributed by atoms with Crippen molar-refractivity contribution in [1.29, 1.82) is 0 Å². The molecule has 4 heteroatoms. The lowest BCUT2D eigenvalue weighted by atomic mass is 10.2. The second-order valence-corrected chi connectivity index (χ2v) is 4.72. The van der Waals surface area contributed by atoms with Crippen molar-refractivity contribution in [3.05, 3.63) is 63.6 Å². The third-order valence-corrected chi connectivity index (χ3v) is 3.14. The van der Waals surface area contributed by atoms with Gasteiger partial charge in [0.2, 0.25) is 0 Å². The minimum absolute atomic E-state index is 0.382. The zero-order chi connectivity index (χ0) is 13.0. The van der Waals surface area contributed by atoms with Gasteiger partial charge in [0, 0.05) is 22.2 Å². The lowest BCUT2D eigenvalue weighted by Crippen LogP contribution is -1.99. The Morgan fingerprint density at radius 1 is 1.06 bits per heavy atom. The van der Waals surface area contributed by atoms with Gasteiger partial charge in [-0.05, 0) is 35.9 Å². The second-order valence-electron chi connectivity index (χ2n) is 3.88. The summed E-state index contributed by atoms with van der Waals surface area (Å²) in [6.07, 6.45) is 0. The van der Waals surface area contributed by atoms with E-state index in [9.17, 15) is 0 Å². The molecule has 0 unspecified atom stereocenters. The molecule has 2 N–H and O–H groups in total. The summed E-state index contributed by atoms with van der Waals surface area (Å²) in [5.41, 5.74) is 7.47. The largest absolute Gasteiger partial charge is 0.489 e. The molecule has 0 atom stereocenters. The first-order valence-corrected chi connectivity index (χ1v) is 6.30. The maximum atomic E-state index is 6.06. The molecule has 18 heavy (non-hydrogen) atoms. The van der Waals surface area contributed by atoms with Gasteiger partial charge in [0.25, 0.3) is 0 Å². The van der Waals surface area contributed by atoms with Gasteiger partial charge in [-0.15, -0.1) is 0 Å². The van der Waals surface area contributed by atoms with Crippen molar-refractivity contribution >= 4 is 23.2 Å². The summed E-state index contributed by atoms with van der Waals surface area (Å²) in [5.74, 6) is 0.772. The van der Waals surface area contributed by atoms with Crippen molar-refractivity contribution in [1.82, 2.24) is 0 Å². The Kier molecular flexibility index (Phi) is 4.48. The van der Waals surface area contributed by atoms with Crippen molar-refractivity contribution in [2.75, 3.05) is 0 Å². The SMILES string of the molecule is NCc1cccc(OCc2cc(Cl)ccc2Cl)c1. The van der Waals surface area contributed by atoms with E-state index in [1.165, 1.54) is 0 Å². The van der Waals surface area contributed by atoms with Gasteiger partial charge in [0.05, 0.1) is 0 Å². The average Bonchev–Trinajstić information content (AvgIpc) is 2.40. The summed E-state index contributed by atoms with van der Waals surface area (Å²) in [4.78, 5) is 0. The van der Waals surface area contributed by atoms with E-state index in [-0.39, 0.29) is 0 Å². The predicted molar refractivity (Wildman–Crippen MR) is 75.1 cm³/mol. The molecule has 0 amide bonds. The Hall–Kier alpha value is -1.22. The molecule has 94 valence electrons. The normalized spacial score (nSPS) is 10.4. The maximum Gasteiger partial charge on any atom is 0.120 e. The van der Waals surface area contributed by atoms with Crippen LogP contribution in [-0.4, -0.2) is 0 Å². The fourth-order valence-corrected chi connectivity index (χ4v) is 1.94. The molecule has 0 saturated heterocycles. The van der Waals surface area contributed by atoms with Crippen LogP contribution in [0.3, 0.4) is 0 Å². The number of halogens is 2. The van der Waals surface area contributed by atoms with Crippen molar-refractivity contribution in [3.63, 3.8) is 0 Å². The van der Waals surface area contributed by atoms with E-state index < -0.39 is 0 Å². The monoisotopic (exact) mass is 281 g/mol. The molecular formula is C14H13Cl2NO. The fourth-order valence-electron chi connectivity index (χ4n) is 1.58. The molecule has 0 spiro atoms. The highest BCUT2D eigenvalue weighted by Gasteiger charge is 2.03. The highest BCUT2D eigenvalue weighted by molar-refractivity contribution is 6.33. The number of rotatable bonds is 4. The lowest BCUT2D eigenvalue weighted by Gasteiger charge is -2.09. The number of hydrogen-bond donors (Lipinski definition) is 1. The minimum atomic E-state index is 0.382. The van der Waals surface area contributed by atoms with Crippen molar-refractivity contribution in [3.8, 4) is 5.75 Å². The zero-order valence-corrected chi connectivity index (χ0v) is 11.2. The zero-order valence-electron chi connectivity index (χ0n) is 9.70. The van der Waals surface area contributed by atoms with Crippen LogP contribution in [0.5, 0.6) is 5.75 Å². The molecule has 2 aromatic carbocycles. The number of hydrogen-bond acceptors (Lipinski definition) is 2. The van der Waals surface area contributed by atoms with Crippen LogP contribution in [0.15, 0.2) is 42.5 Å². The highest BCUT2D eigenvalue weighted by atomic mass is 35.5. The number of benzene rings is 2. The van der Waals surface area contributed by atoms with E-state index in [2.05, 4.69) is 0 Å². The topological polar surface area (TPSA) is 35.2 Å². The smallest absolute Gasteiger partial charge is 0.120 e. The van der Waals surface area contributed by atoms with E-state index >= 15 is 0 Å². The summed E-state index contributed by atoms with van der Waals surface area (Å²) in [5, 5.41) is 1.29. The van der Waals surface area contributed by atoms with Gasteiger partial charge < -0.3 is 10.5 Å². The Balaban J connectivity index is 2.08. The van der Waals surface area contributed by atoms with E-state index in [0.29, 0.717) is 23.2 Å². The second kappa shape index (κ2) is 6.10. The summed E-state index contributed by atoms with van der Waals surface area (Å²) in [6, 6.07) is 13.0.